The Hall–Kier alpha value is -2.96. The molecule has 7 heteroatoms. The van der Waals surface area contributed by atoms with Crippen LogP contribution >= 0.6 is 0 Å². The number of ether oxygens (including phenoxy) is 3. The molecule has 0 unspecified atom stereocenters. The van der Waals surface area contributed by atoms with Crippen molar-refractivity contribution in [1.82, 2.24) is 0 Å². The fourth-order valence-corrected chi connectivity index (χ4v) is 2.31. The van der Waals surface area contributed by atoms with Crippen molar-refractivity contribution in [3.05, 3.63) is 59.2 Å². The first kappa shape index (κ1) is 19.4. The Kier molecular flexibility index (Phi) is 5.92. The monoisotopic (exact) mass is 366 g/mol. The van der Waals surface area contributed by atoms with E-state index in [-0.39, 0.29) is 11.1 Å². The summed E-state index contributed by atoms with van der Waals surface area (Å²) in [6, 6.07) is 7.65. The summed E-state index contributed by atoms with van der Waals surface area (Å²) in [6.45, 7) is 0. The van der Waals surface area contributed by atoms with Crippen molar-refractivity contribution >= 4 is 11.9 Å². The maximum absolute atomic E-state index is 12.7. The molecule has 0 radical (unpaired) electrons. The molecule has 0 saturated heterocycles. The Balaban J connectivity index is 2.31. The first-order chi connectivity index (χ1) is 12.3. The van der Waals surface area contributed by atoms with Crippen molar-refractivity contribution in [2.75, 3.05) is 21.3 Å². The summed E-state index contributed by atoms with van der Waals surface area (Å²) in [4.78, 5) is 12.4. The van der Waals surface area contributed by atoms with Crippen LogP contribution in [0.15, 0.2) is 42.5 Å². The highest BCUT2D eigenvalue weighted by Crippen LogP contribution is 2.38. The molecule has 0 N–H and O–H groups in total. The Morgan fingerprint density at radius 2 is 1.58 bits per heavy atom. The van der Waals surface area contributed by atoms with Gasteiger partial charge in [-0.1, -0.05) is 18.2 Å². The third kappa shape index (κ3) is 4.36. The Morgan fingerprint density at radius 1 is 0.962 bits per heavy atom. The van der Waals surface area contributed by atoms with Crippen molar-refractivity contribution in [1.29, 1.82) is 0 Å². The number of halogens is 3. The SMILES string of the molecule is COc1cc(C(=O)C=Cc2cccc(C(F)(F)F)c2)cc(OC)c1OC. The first-order valence-corrected chi connectivity index (χ1v) is 7.49. The second-order valence-electron chi connectivity index (χ2n) is 5.23. The van der Waals surface area contributed by atoms with Crippen LogP contribution in [-0.4, -0.2) is 27.1 Å². The van der Waals surface area contributed by atoms with E-state index in [4.69, 9.17) is 14.2 Å². The minimum Gasteiger partial charge on any atom is -0.493 e. The fourth-order valence-electron chi connectivity index (χ4n) is 2.31. The van der Waals surface area contributed by atoms with Crippen LogP contribution in [0.25, 0.3) is 6.08 Å². The molecule has 0 atom stereocenters. The highest BCUT2D eigenvalue weighted by Gasteiger charge is 2.30. The first-order valence-electron chi connectivity index (χ1n) is 7.49. The molecule has 0 amide bonds. The number of carbonyl (C=O) groups excluding carboxylic acids is 1. The summed E-state index contributed by atoms with van der Waals surface area (Å²) in [5.41, 5.74) is -0.261. The smallest absolute Gasteiger partial charge is 0.416 e. The van der Waals surface area contributed by atoms with Gasteiger partial charge in [-0.15, -0.1) is 0 Å². The Morgan fingerprint density at radius 3 is 2.08 bits per heavy atom. The van der Waals surface area contributed by atoms with Gasteiger partial charge in [0.05, 0.1) is 26.9 Å². The van der Waals surface area contributed by atoms with Crippen LogP contribution in [0.1, 0.15) is 21.5 Å². The van der Waals surface area contributed by atoms with E-state index >= 15 is 0 Å². The molecule has 0 aromatic heterocycles. The number of carbonyl (C=O) groups is 1. The van der Waals surface area contributed by atoms with Crippen LogP contribution in [-0.2, 0) is 6.18 Å². The lowest BCUT2D eigenvalue weighted by Crippen LogP contribution is -2.04. The molecule has 0 heterocycles. The molecule has 0 bridgehead atoms. The topological polar surface area (TPSA) is 44.8 Å². The van der Waals surface area contributed by atoms with E-state index in [1.165, 1.54) is 57.7 Å². The molecule has 0 saturated carbocycles. The van der Waals surface area contributed by atoms with Crippen LogP contribution in [0.5, 0.6) is 17.2 Å². The zero-order valence-corrected chi connectivity index (χ0v) is 14.4. The average Bonchev–Trinajstić information content (AvgIpc) is 2.64. The number of hydrogen-bond acceptors (Lipinski definition) is 4. The van der Waals surface area contributed by atoms with Gasteiger partial charge in [0.15, 0.2) is 17.3 Å². The van der Waals surface area contributed by atoms with Crippen LogP contribution < -0.4 is 14.2 Å². The normalized spacial score (nSPS) is 11.5. The maximum Gasteiger partial charge on any atom is 0.416 e. The number of ketones is 1. The number of benzene rings is 2. The maximum atomic E-state index is 12.7. The molecule has 138 valence electrons. The molecule has 4 nitrogen and oxygen atoms in total. The molecule has 0 spiro atoms. The van der Waals surface area contributed by atoms with Crippen molar-refractivity contribution in [2.24, 2.45) is 0 Å². The van der Waals surface area contributed by atoms with E-state index < -0.39 is 17.5 Å². The van der Waals surface area contributed by atoms with E-state index in [0.717, 1.165) is 12.1 Å². The number of hydrogen-bond donors (Lipinski definition) is 0. The molecule has 26 heavy (non-hydrogen) atoms. The van der Waals surface area contributed by atoms with Gasteiger partial charge >= 0.3 is 6.18 Å². The summed E-state index contributed by atoms with van der Waals surface area (Å²) in [5, 5.41) is 0. The summed E-state index contributed by atoms with van der Waals surface area (Å²) < 4.78 is 53.8. The van der Waals surface area contributed by atoms with Crippen molar-refractivity contribution < 1.29 is 32.2 Å². The molecule has 0 aliphatic rings. The molecule has 2 aromatic carbocycles. The van der Waals surface area contributed by atoms with Gasteiger partial charge in [0, 0.05) is 5.56 Å². The third-order valence-electron chi connectivity index (χ3n) is 3.59. The predicted molar refractivity (Wildman–Crippen MR) is 90.9 cm³/mol. The van der Waals surface area contributed by atoms with Gasteiger partial charge in [-0.25, -0.2) is 0 Å². The Labute approximate surface area is 148 Å². The number of methoxy groups -OCH3 is 3. The molecular formula is C19H17F3O4. The average molecular weight is 366 g/mol. The lowest BCUT2D eigenvalue weighted by molar-refractivity contribution is -0.137. The fraction of sp³-hybridized carbons (Fsp3) is 0.211. The number of rotatable bonds is 6. The molecule has 0 aliphatic carbocycles. The van der Waals surface area contributed by atoms with E-state index in [9.17, 15) is 18.0 Å². The molecule has 0 fully saturated rings. The van der Waals surface area contributed by atoms with Crippen LogP contribution in [0.3, 0.4) is 0 Å². The predicted octanol–water partition coefficient (Wildman–Crippen LogP) is 4.63. The van der Waals surface area contributed by atoms with Gasteiger partial charge in [0.2, 0.25) is 5.75 Å². The summed E-state index contributed by atoms with van der Waals surface area (Å²) in [6.07, 6.45) is -1.93. The second-order valence-corrected chi connectivity index (χ2v) is 5.23. The molecule has 2 rings (SSSR count). The van der Waals surface area contributed by atoms with Gasteiger partial charge < -0.3 is 14.2 Å². The lowest BCUT2D eigenvalue weighted by atomic mass is 10.1. The van der Waals surface area contributed by atoms with Gasteiger partial charge in [0.25, 0.3) is 0 Å². The van der Waals surface area contributed by atoms with Crippen LogP contribution in [0, 0.1) is 0 Å². The second kappa shape index (κ2) is 7.95. The zero-order valence-electron chi connectivity index (χ0n) is 14.4. The zero-order chi connectivity index (χ0) is 19.3. The van der Waals surface area contributed by atoms with Gasteiger partial charge in [-0.05, 0) is 35.9 Å². The van der Waals surface area contributed by atoms with Gasteiger partial charge in [0.1, 0.15) is 0 Å². The molecular weight excluding hydrogens is 349 g/mol. The largest absolute Gasteiger partial charge is 0.493 e. The van der Waals surface area contributed by atoms with Gasteiger partial charge in [-0.3, -0.25) is 4.79 Å². The summed E-state index contributed by atoms with van der Waals surface area (Å²) in [7, 11) is 4.28. The lowest BCUT2D eigenvalue weighted by Gasteiger charge is -2.13. The number of allylic oxidation sites excluding steroid dienone is 1. The third-order valence-corrected chi connectivity index (χ3v) is 3.59. The van der Waals surface area contributed by atoms with E-state index in [1.54, 1.807) is 0 Å². The van der Waals surface area contributed by atoms with Crippen LogP contribution in [0.4, 0.5) is 13.2 Å². The minimum atomic E-state index is -4.44. The standard InChI is InChI=1S/C19H17F3O4/c1-24-16-10-13(11-17(25-2)18(16)26-3)15(23)8-7-12-5-4-6-14(9-12)19(20,21)22/h4-11H,1-3H3. The molecule has 0 aliphatic heterocycles. The summed E-state index contributed by atoms with van der Waals surface area (Å²) >= 11 is 0. The van der Waals surface area contributed by atoms with Crippen molar-refractivity contribution in [2.45, 2.75) is 6.18 Å². The van der Waals surface area contributed by atoms with Gasteiger partial charge in [-0.2, -0.15) is 13.2 Å². The highest BCUT2D eigenvalue weighted by molar-refractivity contribution is 6.07. The minimum absolute atomic E-state index is 0.253. The van der Waals surface area contributed by atoms with Crippen molar-refractivity contribution in [3.8, 4) is 17.2 Å². The van der Waals surface area contributed by atoms with E-state index in [2.05, 4.69) is 0 Å². The summed E-state index contributed by atoms with van der Waals surface area (Å²) in [5.74, 6) is 0.542. The number of alkyl halides is 3. The molecule has 2 aromatic rings. The van der Waals surface area contributed by atoms with Crippen LogP contribution in [0.2, 0.25) is 0 Å². The van der Waals surface area contributed by atoms with Crippen molar-refractivity contribution in [3.63, 3.8) is 0 Å². The Bertz CT molecular complexity index is 801. The van der Waals surface area contributed by atoms with E-state index in [1.807, 2.05) is 0 Å². The quantitative estimate of drug-likeness (QED) is 0.552. The van der Waals surface area contributed by atoms with E-state index in [0.29, 0.717) is 17.2 Å². The highest BCUT2D eigenvalue weighted by atomic mass is 19.4.